The summed E-state index contributed by atoms with van der Waals surface area (Å²) in [6, 6.07) is 4.50. The Bertz CT molecular complexity index is 294. The van der Waals surface area contributed by atoms with Crippen LogP contribution in [0.4, 0.5) is 5.82 Å². The second-order valence-corrected chi connectivity index (χ2v) is 4.26. The zero-order valence-corrected chi connectivity index (χ0v) is 10.7. The van der Waals surface area contributed by atoms with E-state index in [1.807, 2.05) is 19.2 Å². The van der Waals surface area contributed by atoms with Crippen LogP contribution in [0.2, 0.25) is 0 Å². The van der Waals surface area contributed by atoms with Crippen LogP contribution in [0, 0.1) is 0 Å². The Labute approximate surface area is 98.1 Å². The third-order valence-electron chi connectivity index (χ3n) is 2.57. The van der Waals surface area contributed by atoms with Crippen LogP contribution < -0.4 is 10.2 Å². The van der Waals surface area contributed by atoms with Crippen molar-refractivity contribution >= 4 is 5.82 Å². The molecule has 0 atom stereocenters. The number of aromatic nitrogens is 2. The Morgan fingerprint density at radius 3 is 2.56 bits per heavy atom. The van der Waals surface area contributed by atoms with E-state index < -0.39 is 0 Å². The van der Waals surface area contributed by atoms with Crippen molar-refractivity contribution in [1.82, 2.24) is 15.5 Å². The maximum absolute atomic E-state index is 4.21. The molecule has 0 radical (unpaired) electrons. The third-order valence-corrected chi connectivity index (χ3v) is 2.57. The molecule has 0 amide bonds. The van der Waals surface area contributed by atoms with Crippen molar-refractivity contribution in [3.8, 4) is 0 Å². The van der Waals surface area contributed by atoms with Crippen molar-refractivity contribution in [3.63, 3.8) is 0 Å². The quantitative estimate of drug-likeness (QED) is 0.745. The van der Waals surface area contributed by atoms with Crippen molar-refractivity contribution in [1.29, 1.82) is 0 Å². The topological polar surface area (TPSA) is 41.0 Å². The van der Waals surface area contributed by atoms with E-state index in [9.17, 15) is 0 Å². The fourth-order valence-electron chi connectivity index (χ4n) is 1.29. The fraction of sp³-hybridized carbons (Fsp3) is 0.667. The van der Waals surface area contributed by atoms with Gasteiger partial charge in [-0.15, -0.1) is 5.10 Å². The highest BCUT2D eigenvalue weighted by atomic mass is 15.3. The van der Waals surface area contributed by atoms with Gasteiger partial charge in [-0.05, 0) is 38.9 Å². The first-order valence-electron chi connectivity index (χ1n) is 5.91. The lowest BCUT2D eigenvalue weighted by atomic mass is 10.3. The van der Waals surface area contributed by atoms with Crippen LogP contribution in [0.1, 0.15) is 32.9 Å². The molecule has 1 N–H and O–H groups in total. The number of anilines is 1. The number of rotatable bonds is 6. The van der Waals surface area contributed by atoms with Gasteiger partial charge < -0.3 is 10.2 Å². The minimum absolute atomic E-state index is 0.443. The lowest BCUT2D eigenvalue weighted by molar-refractivity contribution is 0.653. The Hall–Kier alpha value is -1.16. The van der Waals surface area contributed by atoms with Crippen molar-refractivity contribution < 1.29 is 0 Å². The third kappa shape index (κ3) is 3.77. The van der Waals surface area contributed by atoms with Gasteiger partial charge in [-0.25, -0.2) is 0 Å². The van der Waals surface area contributed by atoms with Crippen molar-refractivity contribution in [3.05, 3.63) is 17.8 Å². The van der Waals surface area contributed by atoms with E-state index in [0.717, 1.165) is 31.0 Å². The Kier molecular flexibility index (Phi) is 5.19. The maximum atomic E-state index is 4.21. The van der Waals surface area contributed by atoms with E-state index in [0.29, 0.717) is 6.04 Å². The van der Waals surface area contributed by atoms with Gasteiger partial charge in [0, 0.05) is 19.6 Å². The molecule has 90 valence electrons. The average molecular weight is 222 g/mol. The minimum atomic E-state index is 0.443. The van der Waals surface area contributed by atoms with Gasteiger partial charge in [0.1, 0.15) is 0 Å². The minimum Gasteiger partial charge on any atom is -0.356 e. The highest BCUT2D eigenvalue weighted by molar-refractivity contribution is 5.36. The molecule has 4 nitrogen and oxygen atoms in total. The summed E-state index contributed by atoms with van der Waals surface area (Å²) in [4.78, 5) is 2.11. The summed E-state index contributed by atoms with van der Waals surface area (Å²) in [7, 11) is 2.03. The molecule has 1 heterocycles. The normalized spacial score (nSPS) is 10.8. The average Bonchev–Trinajstić information content (AvgIpc) is 2.29. The largest absolute Gasteiger partial charge is 0.356 e. The molecule has 0 aromatic carbocycles. The van der Waals surface area contributed by atoms with Gasteiger partial charge >= 0.3 is 0 Å². The first-order valence-corrected chi connectivity index (χ1v) is 5.91. The summed E-state index contributed by atoms with van der Waals surface area (Å²) < 4.78 is 0. The van der Waals surface area contributed by atoms with Crippen LogP contribution in [-0.2, 0) is 6.54 Å². The molecule has 0 fully saturated rings. The van der Waals surface area contributed by atoms with Gasteiger partial charge in [0.15, 0.2) is 5.82 Å². The molecule has 0 aliphatic carbocycles. The molecule has 16 heavy (non-hydrogen) atoms. The van der Waals surface area contributed by atoms with Crippen molar-refractivity contribution in [2.45, 2.75) is 39.8 Å². The molecule has 1 aromatic heterocycles. The molecule has 0 unspecified atom stereocenters. The molecule has 0 bridgehead atoms. The van der Waals surface area contributed by atoms with Crippen LogP contribution in [0.5, 0.6) is 0 Å². The lowest BCUT2D eigenvalue weighted by Gasteiger charge is -2.21. The van der Waals surface area contributed by atoms with Crippen LogP contribution in [0.25, 0.3) is 0 Å². The molecule has 4 heteroatoms. The Morgan fingerprint density at radius 2 is 2.06 bits per heavy atom. The molecule has 1 aromatic rings. The maximum Gasteiger partial charge on any atom is 0.151 e. The highest BCUT2D eigenvalue weighted by Gasteiger charge is 2.06. The van der Waals surface area contributed by atoms with Gasteiger partial charge in [-0.2, -0.15) is 5.10 Å². The number of hydrogen-bond acceptors (Lipinski definition) is 4. The lowest BCUT2D eigenvalue weighted by Crippen LogP contribution is -2.27. The number of nitrogens with one attached hydrogen (secondary N) is 1. The van der Waals surface area contributed by atoms with Crippen LogP contribution >= 0.6 is 0 Å². The molecule has 0 aliphatic rings. The van der Waals surface area contributed by atoms with Crippen LogP contribution in [0.3, 0.4) is 0 Å². The summed E-state index contributed by atoms with van der Waals surface area (Å²) in [5, 5.41) is 11.7. The number of hydrogen-bond donors (Lipinski definition) is 1. The SMILES string of the molecule is CCCNCc1ccc(N(C)C(C)C)nn1. The van der Waals surface area contributed by atoms with E-state index in [1.54, 1.807) is 0 Å². The van der Waals surface area contributed by atoms with E-state index >= 15 is 0 Å². The highest BCUT2D eigenvalue weighted by Crippen LogP contribution is 2.10. The predicted octanol–water partition coefficient (Wildman–Crippen LogP) is 1.82. The molecular formula is C12H22N4. The van der Waals surface area contributed by atoms with Gasteiger partial charge in [-0.3, -0.25) is 0 Å². The smallest absolute Gasteiger partial charge is 0.151 e. The fourth-order valence-corrected chi connectivity index (χ4v) is 1.29. The predicted molar refractivity (Wildman–Crippen MR) is 67.6 cm³/mol. The summed E-state index contributed by atoms with van der Waals surface area (Å²) in [5.41, 5.74) is 0.995. The van der Waals surface area contributed by atoms with E-state index in [-0.39, 0.29) is 0 Å². The Balaban J connectivity index is 2.54. The zero-order chi connectivity index (χ0) is 12.0. The second kappa shape index (κ2) is 6.43. The molecule has 0 spiro atoms. The summed E-state index contributed by atoms with van der Waals surface area (Å²) in [6.07, 6.45) is 1.14. The zero-order valence-electron chi connectivity index (χ0n) is 10.7. The summed E-state index contributed by atoms with van der Waals surface area (Å²) in [6.45, 7) is 8.25. The first-order chi connectivity index (χ1) is 7.65. The Morgan fingerprint density at radius 1 is 1.31 bits per heavy atom. The monoisotopic (exact) mass is 222 g/mol. The molecule has 0 aliphatic heterocycles. The first kappa shape index (κ1) is 12.9. The van der Waals surface area contributed by atoms with Gasteiger partial charge in [0.2, 0.25) is 0 Å². The molecular weight excluding hydrogens is 200 g/mol. The molecule has 1 rings (SSSR count). The standard InChI is InChI=1S/C12H22N4/c1-5-8-13-9-11-6-7-12(15-14-11)16(4)10(2)3/h6-7,10,13H,5,8-9H2,1-4H3. The van der Waals surface area contributed by atoms with Crippen molar-refractivity contribution in [2.24, 2.45) is 0 Å². The van der Waals surface area contributed by atoms with Crippen molar-refractivity contribution in [2.75, 3.05) is 18.5 Å². The summed E-state index contributed by atoms with van der Waals surface area (Å²) in [5.74, 6) is 0.925. The summed E-state index contributed by atoms with van der Waals surface area (Å²) >= 11 is 0. The number of nitrogens with zero attached hydrogens (tertiary/aromatic N) is 3. The van der Waals surface area contributed by atoms with E-state index in [1.165, 1.54) is 0 Å². The second-order valence-electron chi connectivity index (χ2n) is 4.26. The van der Waals surface area contributed by atoms with E-state index in [4.69, 9.17) is 0 Å². The van der Waals surface area contributed by atoms with Crippen LogP contribution in [-0.4, -0.2) is 29.8 Å². The molecule has 0 saturated carbocycles. The van der Waals surface area contributed by atoms with E-state index in [2.05, 4.69) is 41.2 Å². The van der Waals surface area contributed by atoms with Gasteiger partial charge in [0.25, 0.3) is 0 Å². The molecule has 0 saturated heterocycles. The van der Waals surface area contributed by atoms with Crippen LogP contribution in [0.15, 0.2) is 12.1 Å². The van der Waals surface area contributed by atoms with Gasteiger partial charge in [-0.1, -0.05) is 6.92 Å². The van der Waals surface area contributed by atoms with Gasteiger partial charge in [0.05, 0.1) is 5.69 Å².